The first-order valence-electron chi connectivity index (χ1n) is 7.63. The maximum atomic E-state index is 12.2. The highest BCUT2D eigenvalue weighted by Gasteiger charge is 2.13. The van der Waals surface area contributed by atoms with Crippen LogP contribution in [0.4, 0.5) is 0 Å². The summed E-state index contributed by atoms with van der Waals surface area (Å²) in [5.74, 6) is 1.67. The van der Waals surface area contributed by atoms with E-state index < -0.39 is 0 Å². The summed E-state index contributed by atoms with van der Waals surface area (Å²) >= 11 is 3.50. The third-order valence-electron chi connectivity index (χ3n) is 3.78. The molecule has 0 aliphatic carbocycles. The molecule has 0 amide bonds. The van der Waals surface area contributed by atoms with Crippen molar-refractivity contribution in [1.29, 1.82) is 0 Å². The molecule has 0 saturated carbocycles. The quantitative estimate of drug-likeness (QED) is 0.531. The molecule has 0 N–H and O–H groups in total. The maximum absolute atomic E-state index is 12.2. The van der Waals surface area contributed by atoms with Crippen LogP contribution in [0.2, 0.25) is 0 Å². The molecule has 0 heterocycles. The molecule has 2 aromatic rings. The van der Waals surface area contributed by atoms with Gasteiger partial charge in [0.15, 0.2) is 11.5 Å². The van der Waals surface area contributed by atoms with Crippen molar-refractivity contribution in [1.82, 2.24) is 0 Å². The SMILES string of the molecule is COc1cc(Br)c(CCC(=O)Oc2c(C)cccc2C)cc1OC. The van der Waals surface area contributed by atoms with E-state index in [1.807, 2.05) is 44.2 Å². The molecule has 128 valence electrons. The predicted octanol–water partition coefficient (Wildman–Crippen LogP) is 4.62. The molecule has 0 aliphatic heterocycles. The fourth-order valence-electron chi connectivity index (χ4n) is 2.45. The van der Waals surface area contributed by atoms with Crippen LogP contribution >= 0.6 is 15.9 Å². The minimum Gasteiger partial charge on any atom is -0.493 e. The van der Waals surface area contributed by atoms with Gasteiger partial charge >= 0.3 is 5.97 Å². The molecule has 0 radical (unpaired) electrons. The van der Waals surface area contributed by atoms with Crippen LogP contribution in [0.5, 0.6) is 17.2 Å². The molecule has 2 aromatic carbocycles. The topological polar surface area (TPSA) is 44.8 Å². The van der Waals surface area contributed by atoms with Crippen molar-refractivity contribution < 1.29 is 19.0 Å². The van der Waals surface area contributed by atoms with Gasteiger partial charge in [0.05, 0.1) is 20.6 Å². The Morgan fingerprint density at radius 1 is 1.04 bits per heavy atom. The van der Waals surface area contributed by atoms with E-state index in [1.165, 1.54) is 0 Å². The Kier molecular flexibility index (Phi) is 6.26. The lowest BCUT2D eigenvalue weighted by Gasteiger charge is -2.13. The average Bonchev–Trinajstić information content (AvgIpc) is 2.56. The van der Waals surface area contributed by atoms with Crippen LogP contribution in [0.3, 0.4) is 0 Å². The van der Waals surface area contributed by atoms with Gasteiger partial charge < -0.3 is 14.2 Å². The van der Waals surface area contributed by atoms with Crippen molar-refractivity contribution in [2.24, 2.45) is 0 Å². The fourth-order valence-corrected chi connectivity index (χ4v) is 2.97. The van der Waals surface area contributed by atoms with Crippen molar-refractivity contribution in [3.63, 3.8) is 0 Å². The summed E-state index contributed by atoms with van der Waals surface area (Å²) in [5, 5.41) is 0. The van der Waals surface area contributed by atoms with Gasteiger partial charge in [-0.3, -0.25) is 4.79 Å². The Bertz CT molecular complexity index is 720. The van der Waals surface area contributed by atoms with E-state index in [0.717, 1.165) is 21.2 Å². The van der Waals surface area contributed by atoms with Gasteiger partial charge in [-0.2, -0.15) is 0 Å². The summed E-state index contributed by atoms with van der Waals surface area (Å²) in [6, 6.07) is 9.52. The Hall–Kier alpha value is -2.01. The zero-order valence-corrected chi connectivity index (χ0v) is 15.9. The summed E-state index contributed by atoms with van der Waals surface area (Å²) in [4.78, 5) is 12.2. The van der Waals surface area contributed by atoms with Gasteiger partial charge in [0.2, 0.25) is 0 Å². The summed E-state index contributed by atoms with van der Waals surface area (Å²) in [7, 11) is 3.18. The number of methoxy groups -OCH3 is 2. The molecule has 0 aromatic heterocycles. The van der Waals surface area contributed by atoms with Crippen LogP contribution in [-0.4, -0.2) is 20.2 Å². The Balaban J connectivity index is 2.07. The van der Waals surface area contributed by atoms with Crippen molar-refractivity contribution in [3.8, 4) is 17.2 Å². The molecule has 0 bridgehead atoms. The summed E-state index contributed by atoms with van der Waals surface area (Å²) in [6.45, 7) is 3.86. The Labute approximate surface area is 150 Å². The van der Waals surface area contributed by atoms with Gasteiger partial charge in [0.25, 0.3) is 0 Å². The van der Waals surface area contributed by atoms with Crippen LogP contribution < -0.4 is 14.2 Å². The van der Waals surface area contributed by atoms with Crippen molar-refractivity contribution in [2.45, 2.75) is 26.7 Å². The Morgan fingerprint density at radius 2 is 1.62 bits per heavy atom. The van der Waals surface area contributed by atoms with Gasteiger partial charge in [0.1, 0.15) is 5.75 Å². The number of hydrogen-bond donors (Lipinski definition) is 0. The third-order valence-corrected chi connectivity index (χ3v) is 4.51. The lowest BCUT2D eigenvalue weighted by atomic mass is 10.1. The van der Waals surface area contributed by atoms with Crippen LogP contribution in [0, 0.1) is 13.8 Å². The number of aryl methyl sites for hydroxylation is 3. The lowest BCUT2D eigenvalue weighted by molar-refractivity contribution is -0.134. The number of rotatable bonds is 6. The second-order valence-corrected chi connectivity index (χ2v) is 6.35. The Morgan fingerprint density at radius 3 is 2.21 bits per heavy atom. The molecule has 0 fully saturated rings. The number of para-hydroxylation sites is 1. The largest absolute Gasteiger partial charge is 0.493 e. The van der Waals surface area contributed by atoms with Crippen LogP contribution in [0.15, 0.2) is 34.8 Å². The molecule has 5 heteroatoms. The minimum atomic E-state index is -0.255. The number of ether oxygens (including phenoxy) is 3. The number of carbonyl (C=O) groups is 1. The van der Waals surface area contributed by atoms with E-state index in [9.17, 15) is 4.79 Å². The van der Waals surface area contributed by atoms with Crippen LogP contribution in [0.1, 0.15) is 23.1 Å². The van der Waals surface area contributed by atoms with Crippen LogP contribution in [-0.2, 0) is 11.2 Å². The van der Waals surface area contributed by atoms with Crippen molar-refractivity contribution in [3.05, 3.63) is 51.5 Å². The van der Waals surface area contributed by atoms with Crippen molar-refractivity contribution >= 4 is 21.9 Å². The standard InChI is InChI=1S/C19H21BrO4/c1-12-6-5-7-13(2)19(12)24-18(21)9-8-14-10-16(22-3)17(23-4)11-15(14)20/h5-7,10-11H,8-9H2,1-4H3. The number of benzene rings is 2. The first-order valence-corrected chi connectivity index (χ1v) is 8.42. The first-order chi connectivity index (χ1) is 11.5. The predicted molar refractivity (Wildman–Crippen MR) is 97.1 cm³/mol. The van der Waals surface area contributed by atoms with Gasteiger partial charge in [-0.1, -0.05) is 34.1 Å². The van der Waals surface area contributed by atoms with E-state index in [1.54, 1.807) is 14.2 Å². The number of esters is 1. The highest BCUT2D eigenvalue weighted by Crippen LogP contribution is 2.34. The highest BCUT2D eigenvalue weighted by atomic mass is 79.9. The molecule has 0 spiro atoms. The summed E-state index contributed by atoms with van der Waals surface area (Å²) in [5.41, 5.74) is 2.87. The number of carbonyl (C=O) groups excluding carboxylic acids is 1. The highest BCUT2D eigenvalue weighted by molar-refractivity contribution is 9.10. The lowest BCUT2D eigenvalue weighted by Crippen LogP contribution is -2.11. The summed E-state index contributed by atoms with van der Waals surface area (Å²) < 4.78 is 17.0. The van der Waals surface area contributed by atoms with E-state index in [2.05, 4.69) is 15.9 Å². The molecule has 0 aliphatic rings. The van der Waals surface area contributed by atoms with Crippen molar-refractivity contribution in [2.75, 3.05) is 14.2 Å². The van der Waals surface area contributed by atoms with Gasteiger partial charge in [0, 0.05) is 4.47 Å². The molecule has 4 nitrogen and oxygen atoms in total. The summed E-state index contributed by atoms with van der Waals surface area (Å²) in [6.07, 6.45) is 0.826. The van der Waals surface area contributed by atoms with E-state index in [0.29, 0.717) is 23.7 Å². The van der Waals surface area contributed by atoms with Gasteiger partial charge in [-0.25, -0.2) is 0 Å². The van der Waals surface area contributed by atoms with E-state index >= 15 is 0 Å². The number of halogens is 1. The molecular weight excluding hydrogens is 372 g/mol. The minimum absolute atomic E-state index is 0.255. The zero-order valence-electron chi connectivity index (χ0n) is 14.3. The van der Waals surface area contributed by atoms with E-state index in [4.69, 9.17) is 14.2 Å². The van der Waals surface area contributed by atoms with Crippen LogP contribution in [0.25, 0.3) is 0 Å². The normalized spacial score (nSPS) is 10.4. The third kappa shape index (κ3) is 4.29. The van der Waals surface area contributed by atoms with E-state index in [-0.39, 0.29) is 12.4 Å². The molecule has 24 heavy (non-hydrogen) atoms. The molecule has 0 unspecified atom stereocenters. The maximum Gasteiger partial charge on any atom is 0.311 e. The molecule has 0 atom stereocenters. The average molecular weight is 393 g/mol. The molecular formula is C19H21BrO4. The second kappa shape index (κ2) is 8.20. The van der Waals surface area contributed by atoms with Gasteiger partial charge in [-0.05, 0) is 49.1 Å². The fraction of sp³-hybridized carbons (Fsp3) is 0.316. The zero-order chi connectivity index (χ0) is 17.7. The molecule has 0 saturated heterocycles. The number of hydrogen-bond acceptors (Lipinski definition) is 4. The first kappa shape index (κ1) is 18.3. The second-order valence-electron chi connectivity index (χ2n) is 5.49. The molecule has 2 rings (SSSR count). The smallest absolute Gasteiger partial charge is 0.311 e. The van der Waals surface area contributed by atoms with Gasteiger partial charge in [-0.15, -0.1) is 0 Å². The monoisotopic (exact) mass is 392 g/mol.